The van der Waals surface area contributed by atoms with Crippen molar-refractivity contribution in [2.45, 2.75) is 52.9 Å². The SMILES string of the molecule is CCOC(=O)Cc1ccccc1OCc1cc(-c2cccc(CNC(=O)OC(C)(C)C)c2)c2oc(C=O)cc2c1. The minimum Gasteiger partial charge on any atom is -0.489 e. The van der Waals surface area contributed by atoms with Gasteiger partial charge < -0.3 is 23.9 Å². The van der Waals surface area contributed by atoms with Gasteiger partial charge in [0.05, 0.1) is 13.0 Å². The molecule has 0 saturated carbocycles. The lowest BCUT2D eigenvalue weighted by atomic mass is 9.99. The second-order valence-electron chi connectivity index (χ2n) is 10.3. The minimum absolute atomic E-state index is 0.114. The highest BCUT2D eigenvalue weighted by atomic mass is 16.6. The van der Waals surface area contributed by atoms with Crippen LogP contribution < -0.4 is 10.1 Å². The van der Waals surface area contributed by atoms with Crippen LogP contribution in [0.4, 0.5) is 4.79 Å². The molecule has 1 N–H and O–H groups in total. The standard InChI is InChI=1S/C32H33NO7/c1-5-37-29(35)17-24-10-6-7-12-28(24)38-20-22-14-25-16-26(19-34)39-30(25)27(15-22)23-11-8-9-21(13-23)18-33-31(36)40-32(2,3)4/h6-16,19H,5,17-18,20H2,1-4H3,(H,33,36). The third-order valence-electron chi connectivity index (χ3n) is 5.89. The van der Waals surface area contributed by atoms with E-state index in [9.17, 15) is 14.4 Å². The van der Waals surface area contributed by atoms with Crippen LogP contribution in [0.15, 0.2) is 71.1 Å². The largest absolute Gasteiger partial charge is 0.489 e. The molecule has 1 aromatic heterocycles. The van der Waals surface area contributed by atoms with E-state index in [0.717, 1.165) is 33.2 Å². The van der Waals surface area contributed by atoms with Crippen molar-refractivity contribution in [3.63, 3.8) is 0 Å². The monoisotopic (exact) mass is 543 g/mol. The number of amides is 1. The number of rotatable bonds is 10. The van der Waals surface area contributed by atoms with Crippen LogP contribution in [0.3, 0.4) is 0 Å². The van der Waals surface area contributed by atoms with Gasteiger partial charge in [-0.1, -0.05) is 36.4 Å². The minimum atomic E-state index is -0.588. The molecule has 1 heterocycles. The Morgan fingerprint density at radius 2 is 1.77 bits per heavy atom. The van der Waals surface area contributed by atoms with Crippen LogP contribution in [0.5, 0.6) is 5.75 Å². The third-order valence-corrected chi connectivity index (χ3v) is 5.89. The first kappa shape index (κ1) is 28.4. The van der Waals surface area contributed by atoms with Crippen LogP contribution in [-0.4, -0.2) is 30.6 Å². The number of carbonyl (C=O) groups is 3. The van der Waals surface area contributed by atoms with Gasteiger partial charge in [-0.05, 0) is 74.7 Å². The van der Waals surface area contributed by atoms with Gasteiger partial charge in [-0.2, -0.15) is 0 Å². The number of esters is 1. The predicted molar refractivity (Wildman–Crippen MR) is 151 cm³/mol. The van der Waals surface area contributed by atoms with E-state index in [1.165, 1.54) is 0 Å². The molecular weight excluding hydrogens is 510 g/mol. The summed E-state index contributed by atoms with van der Waals surface area (Å²) in [4.78, 5) is 35.7. The van der Waals surface area contributed by atoms with Crippen LogP contribution in [-0.2, 0) is 33.8 Å². The van der Waals surface area contributed by atoms with Gasteiger partial charge in [0, 0.05) is 23.1 Å². The molecule has 1 amide bonds. The molecule has 0 radical (unpaired) electrons. The second kappa shape index (κ2) is 12.5. The van der Waals surface area contributed by atoms with Crippen LogP contribution in [0.2, 0.25) is 0 Å². The third kappa shape index (κ3) is 7.50. The van der Waals surface area contributed by atoms with E-state index in [1.807, 2.05) is 81.4 Å². The number of aldehydes is 1. The molecule has 4 aromatic rings. The lowest BCUT2D eigenvalue weighted by molar-refractivity contribution is -0.142. The first-order valence-electron chi connectivity index (χ1n) is 13.1. The van der Waals surface area contributed by atoms with Gasteiger partial charge in [0.25, 0.3) is 0 Å². The van der Waals surface area contributed by atoms with Crippen molar-refractivity contribution >= 4 is 29.3 Å². The molecule has 0 atom stereocenters. The van der Waals surface area contributed by atoms with Crippen molar-refractivity contribution in [2.75, 3.05) is 6.61 Å². The maximum Gasteiger partial charge on any atom is 0.407 e. The number of benzene rings is 3. The summed E-state index contributed by atoms with van der Waals surface area (Å²) in [5.41, 5.74) is 4.07. The van der Waals surface area contributed by atoms with Gasteiger partial charge >= 0.3 is 12.1 Å². The summed E-state index contributed by atoms with van der Waals surface area (Å²) >= 11 is 0. The lowest BCUT2D eigenvalue weighted by Crippen LogP contribution is -2.32. The number of nitrogens with one attached hydrogen (secondary N) is 1. The molecule has 0 aliphatic rings. The van der Waals surface area contributed by atoms with Gasteiger partial charge in [-0.3, -0.25) is 9.59 Å². The number of carbonyl (C=O) groups excluding carboxylic acids is 3. The molecule has 0 saturated heterocycles. The first-order valence-corrected chi connectivity index (χ1v) is 13.1. The van der Waals surface area contributed by atoms with Crippen LogP contribution >= 0.6 is 0 Å². The smallest absolute Gasteiger partial charge is 0.407 e. The number of hydrogen-bond acceptors (Lipinski definition) is 7. The number of hydrogen-bond donors (Lipinski definition) is 1. The molecule has 208 valence electrons. The van der Waals surface area contributed by atoms with E-state index < -0.39 is 11.7 Å². The van der Waals surface area contributed by atoms with Gasteiger partial charge in [0.1, 0.15) is 23.5 Å². The Morgan fingerprint density at radius 1 is 0.975 bits per heavy atom. The molecule has 0 aliphatic heterocycles. The van der Waals surface area contributed by atoms with Crippen LogP contribution in [0, 0.1) is 0 Å². The molecule has 0 fully saturated rings. The molecular formula is C32H33NO7. The molecule has 8 heteroatoms. The van der Waals surface area contributed by atoms with Crippen LogP contribution in [0.1, 0.15) is 54.9 Å². The van der Waals surface area contributed by atoms with Gasteiger partial charge in [-0.15, -0.1) is 0 Å². The quantitative estimate of drug-likeness (QED) is 0.177. The summed E-state index contributed by atoms with van der Waals surface area (Å²) in [6.45, 7) is 8.03. The normalized spacial score (nSPS) is 11.2. The van der Waals surface area contributed by atoms with Crippen molar-refractivity contribution < 1.29 is 33.0 Å². The molecule has 0 spiro atoms. The van der Waals surface area contributed by atoms with E-state index in [4.69, 9.17) is 18.6 Å². The number of ether oxygens (including phenoxy) is 3. The number of furan rings is 1. The Bertz CT molecular complexity index is 1510. The fourth-order valence-electron chi connectivity index (χ4n) is 4.25. The summed E-state index contributed by atoms with van der Waals surface area (Å²) < 4.78 is 22.4. The van der Waals surface area contributed by atoms with Crippen molar-refractivity contribution in [1.29, 1.82) is 0 Å². The number of alkyl carbamates (subject to hydrolysis) is 1. The maximum absolute atomic E-state index is 12.1. The Morgan fingerprint density at radius 3 is 2.52 bits per heavy atom. The first-order chi connectivity index (χ1) is 19.1. The summed E-state index contributed by atoms with van der Waals surface area (Å²) in [5, 5.41) is 3.54. The average molecular weight is 544 g/mol. The highest BCUT2D eigenvalue weighted by Gasteiger charge is 2.17. The molecule has 8 nitrogen and oxygen atoms in total. The summed E-state index contributed by atoms with van der Waals surface area (Å²) in [5.74, 6) is 0.494. The van der Waals surface area contributed by atoms with E-state index in [0.29, 0.717) is 24.2 Å². The average Bonchev–Trinajstić information content (AvgIpc) is 3.34. The zero-order valence-electron chi connectivity index (χ0n) is 23.1. The van der Waals surface area contributed by atoms with E-state index in [1.54, 1.807) is 13.0 Å². The van der Waals surface area contributed by atoms with E-state index in [-0.39, 0.29) is 31.3 Å². The Kier molecular flexibility index (Phi) is 8.89. The Hall–Kier alpha value is -4.59. The zero-order chi connectivity index (χ0) is 28.7. The summed E-state index contributed by atoms with van der Waals surface area (Å²) in [7, 11) is 0. The summed E-state index contributed by atoms with van der Waals surface area (Å²) in [6, 6.07) is 20.6. The van der Waals surface area contributed by atoms with E-state index in [2.05, 4.69) is 5.32 Å². The van der Waals surface area contributed by atoms with Crippen molar-refractivity contribution in [2.24, 2.45) is 0 Å². The molecule has 3 aromatic carbocycles. The fourth-order valence-corrected chi connectivity index (χ4v) is 4.25. The van der Waals surface area contributed by atoms with Gasteiger partial charge in [-0.25, -0.2) is 4.79 Å². The molecule has 40 heavy (non-hydrogen) atoms. The number of para-hydroxylation sites is 1. The van der Waals surface area contributed by atoms with Crippen molar-refractivity contribution in [3.8, 4) is 16.9 Å². The molecule has 0 bridgehead atoms. The zero-order valence-corrected chi connectivity index (χ0v) is 23.1. The Balaban J connectivity index is 1.60. The summed E-state index contributed by atoms with van der Waals surface area (Å²) in [6.07, 6.45) is 0.291. The molecule has 0 aliphatic carbocycles. The lowest BCUT2D eigenvalue weighted by Gasteiger charge is -2.19. The molecule has 0 unspecified atom stereocenters. The second-order valence-corrected chi connectivity index (χ2v) is 10.3. The van der Waals surface area contributed by atoms with E-state index >= 15 is 0 Å². The molecule has 4 rings (SSSR count). The Labute approximate surface area is 233 Å². The predicted octanol–water partition coefficient (Wildman–Crippen LogP) is 6.62. The van der Waals surface area contributed by atoms with Gasteiger partial charge in [0.2, 0.25) is 0 Å². The highest BCUT2D eigenvalue weighted by Crippen LogP contribution is 2.33. The topological polar surface area (TPSA) is 104 Å². The van der Waals surface area contributed by atoms with Crippen molar-refractivity contribution in [3.05, 3.63) is 89.2 Å². The highest BCUT2D eigenvalue weighted by molar-refractivity contribution is 5.96. The number of fused-ring (bicyclic) bond motifs is 1. The fraction of sp³-hybridized carbons (Fsp3) is 0.281. The maximum atomic E-state index is 12.1. The van der Waals surface area contributed by atoms with Gasteiger partial charge in [0.15, 0.2) is 12.0 Å². The van der Waals surface area contributed by atoms with Crippen LogP contribution in [0.25, 0.3) is 22.1 Å². The van der Waals surface area contributed by atoms with Crippen molar-refractivity contribution in [1.82, 2.24) is 5.32 Å².